The molecule has 0 aliphatic heterocycles. The van der Waals surface area contributed by atoms with Gasteiger partial charge in [-0.25, -0.2) is 0 Å². The minimum atomic E-state index is -0.251. The van der Waals surface area contributed by atoms with Crippen LogP contribution < -0.4 is 14.8 Å². The zero-order valence-electron chi connectivity index (χ0n) is 15.6. The van der Waals surface area contributed by atoms with Gasteiger partial charge in [-0.3, -0.25) is 9.59 Å². The molecule has 0 aromatic heterocycles. The van der Waals surface area contributed by atoms with Crippen LogP contribution in [-0.4, -0.2) is 43.5 Å². The largest absolute Gasteiger partial charge is 0.497 e. The highest BCUT2D eigenvalue weighted by Crippen LogP contribution is 2.31. The fourth-order valence-corrected chi connectivity index (χ4v) is 2.95. The Morgan fingerprint density at radius 1 is 1.07 bits per heavy atom. The van der Waals surface area contributed by atoms with Gasteiger partial charge in [0, 0.05) is 23.7 Å². The van der Waals surface area contributed by atoms with Crippen molar-refractivity contribution >= 4 is 11.8 Å². The molecule has 142 valence electrons. The molecule has 0 spiro atoms. The molecule has 27 heavy (non-hydrogen) atoms. The number of nitrogens with zero attached hydrogens (tertiary/aromatic N) is 1. The first-order chi connectivity index (χ1) is 13.1. The number of ether oxygens (including phenoxy) is 2. The van der Waals surface area contributed by atoms with E-state index in [1.165, 1.54) is 0 Å². The van der Waals surface area contributed by atoms with Crippen molar-refractivity contribution < 1.29 is 19.1 Å². The lowest BCUT2D eigenvalue weighted by molar-refractivity contribution is -0.131. The molecule has 0 saturated heterocycles. The van der Waals surface area contributed by atoms with Crippen LogP contribution >= 0.6 is 0 Å². The number of carbonyl (C=O) groups is 2. The van der Waals surface area contributed by atoms with Crippen LogP contribution in [-0.2, 0) is 11.3 Å². The van der Waals surface area contributed by atoms with Gasteiger partial charge < -0.3 is 19.7 Å². The summed E-state index contributed by atoms with van der Waals surface area (Å²) in [5.74, 6) is 1.07. The second kappa shape index (κ2) is 8.58. The molecule has 0 heterocycles. The fraction of sp³-hybridized carbons (Fsp3) is 0.333. The Balaban J connectivity index is 1.67. The normalized spacial score (nSPS) is 13.0. The van der Waals surface area contributed by atoms with Crippen molar-refractivity contribution in [3.05, 3.63) is 59.7 Å². The van der Waals surface area contributed by atoms with Gasteiger partial charge in [0.1, 0.15) is 11.5 Å². The Morgan fingerprint density at radius 2 is 1.81 bits per heavy atom. The van der Waals surface area contributed by atoms with Gasteiger partial charge in [0.15, 0.2) is 0 Å². The summed E-state index contributed by atoms with van der Waals surface area (Å²) in [5, 5.41) is 2.71. The van der Waals surface area contributed by atoms with Crippen LogP contribution in [0, 0.1) is 0 Å². The van der Waals surface area contributed by atoms with Crippen molar-refractivity contribution in [1.29, 1.82) is 0 Å². The molecule has 3 rings (SSSR count). The molecule has 1 aliphatic carbocycles. The molecule has 0 bridgehead atoms. The number of nitrogens with one attached hydrogen (secondary N) is 1. The Labute approximate surface area is 159 Å². The van der Waals surface area contributed by atoms with E-state index in [4.69, 9.17) is 9.47 Å². The van der Waals surface area contributed by atoms with E-state index in [-0.39, 0.29) is 24.4 Å². The molecule has 6 heteroatoms. The van der Waals surface area contributed by atoms with Gasteiger partial charge in [0.25, 0.3) is 5.91 Å². The molecule has 2 aromatic carbocycles. The van der Waals surface area contributed by atoms with Gasteiger partial charge in [0.05, 0.1) is 20.8 Å². The third-order valence-electron chi connectivity index (χ3n) is 4.57. The first kappa shape index (κ1) is 18.8. The molecule has 2 aromatic rings. The lowest BCUT2D eigenvalue weighted by Gasteiger charge is -2.24. The third-order valence-corrected chi connectivity index (χ3v) is 4.57. The van der Waals surface area contributed by atoms with Gasteiger partial charge in [-0.05, 0) is 43.2 Å². The van der Waals surface area contributed by atoms with Gasteiger partial charge in [0.2, 0.25) is 5.91 Å². The highest BCUT2D eigenvalue weighted by molar-refractivity contribution is 5.96. The summed E-state index contributed by atoms with van der Waals surface area (Å²) in [6, 6.07) is 14.6. The SMILES string of the molecule is COc1ccc(OC)c(CN(C(=O)CNC(=O)c2ccccc2)C2CC2)c1. The van der Waals surface area contributed by atoms with Gasteiger partial charge >= 0.3 is 0 Å². The van der Waals surface area contributed by atoms with E-state index in [1.807, 2.05) is 29.2 Å². The van der Waals surface area contributed by atoms with Crippen molar-refractivity contribution in [2.24, 2.45) is 0 Å². The number of methoxy groups -OCH3 is 2. The zero-order valence-corrected chi connectivity index (χ0v) is 15.6. The average Bonchev–Trinajstić information content (AvgIpc) is 3.55. The fourth-order valence-electron chi connectivity index (χ4n) is 2.95. The van der Waals surface area contributed by atoms with Crippen LogP contribution in [0.25, 0.3) is 0 Å². The summed E-state index contributed by atoms with van der Waals surface area (Å²) in [6.45, 7) is 0.390. The second-order valence-corrected chi connectivity index (χ2v) is 6.48. The second-order valence-electron chi connectivity index (χ2n) is 6.48. The lowest BCUT2D eigenvalue weighted by Crippen LogP contribution is -2.41. The summed E-state index contributed by atoms with van der Waals surface area (Å²) in [6.07, 6.45) is 1.95. The predicted octanol–water partition coefficient (Wildman–Crippen LogP) is 2.62. The molecule has 0 unspecified atom stereocenters. The summed E-state index contributed by atoms with van der Waals surface area (Å²) < 4.78 is 10.7. The molecular weight excluding hydrogens is 344 g/mol. The topological polar surface area (TPSA) is 67.9 Å². The van der Waals surface area contributed by atoms with Crippen molar-refractivity contribution in [2.45, 2.75) is 25.4 Å². The van der Waals surface area contributed by atoms with Crippen LogP contribution in [0.1, 0.15) is 28.8 Å². The van der Waals surface area contributed by atoms with Crippen LogP contribution in [0.15, 0.2) is 48.5 Å². The number of hydrogen-bond donors (Lipinski definition) is 1. The Kier molecular flexibility index (Phi) is 5.96. The van der Waals surface area contributed by atoms with Crippen molar-refractivity contribution in [2.75, 3.05) is 20.8 Å². The number of benzene rings is 2. The van der Waals surface area contributed by atoms with Gasteiger partial charge in [-0.1, -0.05) is 18.2 Å². The van der Waals surface area contributed by atoms with Gasteiger partial charge in [-0.15, -0.1) is 0 Å². The minimum Gasteiger partial charge on any atom is -0.497 e. The van der Waals surface area contributed by atoms with Crippen molar-refractivity contribution in [1.82, 2.24) is 10.2 Å². The van der Waals surface area contributed by atoms with Crippen LogP contribution in [0.2, 0.25) is 0 Å². The summed E-state index contributed by atoms with van der Waals surface area (Å²) >= 11 is 0. The van der Waals surface area contributed by atoms with E-state index < -0.39 is 0 Å². The van der Waals surface area contributed by atoms with Crippen molar-refractivity contribution in [3.63, 3.8) is 0 Å². The smallest absolute Gasteiger partial charge is 0.251 e. The highest BCUT2D eigenvalue weighted by Gasteiger charge is 2.33. The van der Waals surface area contributed by atoms with E-state index in [0.717, 1.165) is 18.4 Å². The number of carbonyl (C=O) groups excluding carboxylic acids is 2. The molecule has 6 nitrogen and oxygen atoms in total. The number of amides is 2. The monoisotopic (exact) mass is 368 g/mol. The predicted molar refractivity (Wildman–Crippen MR) is 102 cm³/mol. The van der Waals surface area contributed by atoms with Gasteiger partial charge in [-0.2, -0.15) is 0 Å². The van der Waals surface area contributed by atoms with E-state index in [9.17, 15) is 9.59 Å². The summed E-state index contributed by atoms with van der Waals surface area (Å²) in [7, 11) is 3.21. The first-order valence-electron chi connectivity index (χ1n) is 8.96. The average molecular weight is 368 g/mol. The molecule has 1 saturated carbocycles. The first-order valence-corrected chi connectivity index (χ1v) is 8.96. The summed E-state index contributed by atoms with van der Waals surface area (Å²) in [4.78, 5) is 26.7. The maximum atomic E-state index is 12.8. The van der Waals surface area contributed by atoms with Crippen molar-refractivity contribution in [3.8, 4) is 11.5 Å². The molecule has 1 fully saturated rings. The van der Waals surface area contributed by atoms with Crippen LogP contribution in [0.4, 0.5) is 0 Å². The third kappa shape index (κ3) is 4.78. The van der Waals surface area contributed by atoms with E-state index in [2.05, 4.69) is 5.32 Å². The minimum absolute atomic E-state index is 0.0312. The maximum Gasteiger partial charge on any atom is 0.251 e. The number of rotatable bonds is 8. The van der Waals surface area contributed by atoms with E-state index in [0.29, 0.717) is 23.6 Å². The van der Waals surface area contributed by atoms with E-state index >= 15 is 0 Å². The lowest BCUT2D eigenvalue weighted by atomic mass is 10.1. The Hall–Kier alpha value is -3.02. The molecule has 1 N–H and O–H groups in total. The molecule has 0 radical (unpaired) electrons. The van der Waals surface area contributed by atoms with Crippen LogP contribution in [0.3, 0.4) is 0 Å². The molecule has 2 amide bonds. The molecule has 0 atom stereocenters. The standard InChI is InChI=1S/C21H24N2O4/c1-26-18-10-11-19(27-2)16(12-18)14-23(17-8-9-17)20(24)13-22-21(25)15-6-4-3-5-7-15/h3-7,10-12,17H,8-9,13-14H2,1-2H3,(H,22,25). The quantitative estimate of drug-likeness (QED) is 0.778. The maximum absolute atomic E-state index is 12.8. The Bertz CT molecular complexity index is 803. The van der Waals surface area contributed by atoms with Crippen LogP contribution in [0.5, 0.6) is 11.5 Å². The zero-order chi connectivity index (χ0) is 19.2. The Morgan fingerprint density at radius 3 is 2.44 bits per heavy atom. The number of hydrogen-bond acceptors (Lipinski definition) is 4. The van der Waals surface area contributed by atoms with E-state index in [1.54, 1.807) is 38.5 Å². The molecule has 1 aliphatic rings. The highest BCUT2D eigenvalue weighted by atomic mass is 16.5. The molecular formula is C21H24N2O4. The summed E-state index contributed by atoms with van der Waals surface area (Å²) in [5.41, 5.74) is 1.42.